The molecule has 4 rings (SSSR count). The summed E-state index contributed by atoms with van der Waals surface area (Å²) < 4.78 is 39.7. The zero-order valence-electron chi connectivity index (χ0n) is 15.1. The SMILES string of the molecule is CC(c1ccc2scnc2c1)N1CCc2ncc(S(C)(=O)=O)cc2[C@@H](F)C1. The molecule has 1 aliphatic heterocycles. The topological polar surface area (TPSA) is 63.2 Å². The van der Waals surface area contributed by atoms with Crippen molar-refractivity contribution in [2.75, 3.05) is 19.3 Å². The maximum atomic E-state index is 15.0. The maximum Gasteiger partial charge on any atom is 0.177 e. The molecule has 0 bridgehead atoms. The Morgan fingerprint density at radius 2 is 2.11 bits per heavy atom. The summed E-state index contributed by atoms with van der Waals surface area (Å²) in [5.74, 6) is 0. The van der Waals surface area contributed by atoms with Crippen molar-refractivity contribution in [2.24, 2.45) is 0 Å². The first-order valence-corrected chi connectivity index (χ1v) is 11.5. The number of hydrogen-bond acceptors (Lipinski definition) is 6. The van der Waals surface area contributed by atoms with Gasteiger partial charge in [0, 0.05) is 49.3 Å². The van der Waals surface area contributed by atoms with Gasteiger partial charge in [-0.25, -0.2) is 17.8 Å². The normalized spacial score (nSPS) is 19.6. The van der Waals surface area contributed by atoms with Crippen molar-refractivity contribution in [3.05, 3.63) is 52.8 Å². The Bertz CT molecular complexity index is 1100. The fourth-order valence-corrected chi connectivity index (χ4v) is 4.76. The second-order valence-electron chi connectivity index (χ2n) is 6.95. The predicted molar refractivity (Wildman–Crippen MR) is 105 cm³/mol. The third-order valence-corrected chi connectivity index (χ3v) is 7.05. The van der Waals surface area contributed by atoms with Crippen LogP contribution in [0.15, 0.2) is 40.9 Å². The number of sulfone groups is 1. The van der Waals surface area contributed by atoms with Crippen LogP contribution in [0.3, 0.4) is 0 Å². The molecule has 8 heteroatoms. The van der Waals surface area contributed by atoms with Crippen molar-refractivity contribution in [1.82, 2.24) is 14.9 Å². The van der Waals surface area contributed by atoms with Crippen LogP contribution in [0.5, 0.6) is 0 Å². The van der Waals surface area contributed by atoms with Crippen LogP contribution in [-0.4, -0.2) is 42.6 Å². The second kappa shape index (κ2) is 6.92. The number of thiazole rings is 1. The molecule has 0 radical (unpaired) electrons. The van der Waals surface area contributed by atoms with E-state index in [0.29, 0.717) is 24.2 Å². The number of rotatable bonds is 3. The minimum atomic E-state index is -3.41. The highest BCUT2D eigenvalue weighted by atomic mass is 32.2. The molecule has 5 nitrogen and oxygen atoms in total. The van der Waals surface area contributed by atoms with Crippen molar-refractivity contribution in [1.29, 1.82) is 0 Å². The Morgan fingerprint density at radius 3 is 2.89 bits per heavy atom. The summed E-state index contributed by atoms with van der Waals surface area (Å²) in [6.07, 6.45) is 1.75. The van der Waals surface area contributed by atoms with Crippen LogP contribution >= 0.6 is 11.3 Å². The van der Waals surface area contributed by atoms with Gasteiger partial charge in [0.25, 0.3) is 0 Å². The van der Waals surface area contributed by atoms with Crippen molar-refractivity contribution in [2.45, 2.75) is 30.5 Å². The first-order chi connectivity index (χ1) is 12.8. The molecule has 0 aliphatic carbocycles. The smallest absolute Gasteiger partial charge is 0.177 e. The van der Waals surface area contributed by atoms with E-state index in [2.05, 4.69) is 40.0 Å². The highest BCUT2D eigenvalue weighted by Gasteiger charge is 2.28. The largest absolute Gasteiger partial charge is 0.293 e. The molecule has 3 heterocycles. The van der Waals surface area contributed by atoms with E-state index in [9.17, 15) is 8.42 Å². The van der Waals surface area contributed by atoms with E-state index < -0.39 is 16.0 Å². The molecule has 142 valence electrons. The molecule has 2 atom stereocenters. The van der Waals surface area contributed by atoms with Crippen LogP contribution in [0, 0.1) is 0 Å². The predicted octanol–water partition coefficient (Wildman–Crippen LogP) is 3.72. The van der Waals surface area contributed by atoms with Gasteiger partial charge in [0.1, 0.15) is 6.17 Å². The van der Waals surface area contributed by atoms with E-state index in [4.69, 9.17) is 0 Å². The lowest BCUT2D eigenvalue weighted by molar-refractivity contribution is 0.161. The van der Waals surface area contributed by atoms with Crippen molar-refractivity contribution >= 4 is 31.4 Å². The van der Waals surface area contributed by atoms with Gasteiger partial charge in [-0.1, -0.05) is 6.07 Å². The molecule has 0 fully saturated rings. The van der Waals surface area contributed by atoms with Crippen LogP contribution in [0.4, 0.5) is 4.39 Å². The number of pyridine rings is 1. The van der Waals surface area contributed by atoms with Gasteiger partial charge in [0.05, 0.1) is 20.6 Å². The summed E-state index contributed by atoms with van der Waals surface area (Å²) in [4.78, 5) is 10.8. The van der Waals surface area contributed by atoms with E-state index in [1.165, 1.54) is 12.3 Å². The monoisotopic (exact) mass is 405 g/mol. The first-order valence-electron chi connectivity index (χ1n) is 8.73. The minimum absolute atomic E-state index is 0.0260. The van der Waals surface area contributed by atoms with E-state index in [0.717, 1.165) is 22.0 Å². The maximum absolute atomic E-state index is 15.0. The fraction of sp³-hybridized carbons (Fsp3) is 0.368. The lowest BCUT2D eigenvalue weighted by Crippen LogP contribution is -2.30. The molecular weight excluding hydrogens is 385 g/mol. The van der Waals surface area contributed by atoms with Crippen molar-refractivity contribution in [3.63, 3.8) is 0 Å². The molecule has 1 aromatic carbocycles. The van der Waals surface area contributed by atoms with Crippen LogP contribution in [0.25, 0.3) is 10.2 Å². The van der Waals surface area contributed by atoms with Gasteiger partial charge in [-0.3, -0.25) is 9.88 Å². The Kier molecular flexibility index (Phi) is 4.73. The van der Waals surface area contributed by atoms with Gasteiger partial charge in [0.15, 0.2) is 9.84 Å². The summed E-state index contributed by atoms with van der Waals surface area (Å²) >= 11 is 1.60. The fourth-order valence-electron chi connectivity index (χ4n) is 3.52. The van der Waals surface area contributed by atoms with E-state index >= 15 is 4.39 Å². The summed E-state index contributed by atoms with van der Waals surface area (Å²) in [6, 6.07) is 7.65. The first kappa shape index (κ1) is 18.5. The van der Waals surface area contributed by atoms with Crippen LogP contribution in [-0.2, 0) is 16.3 Å². The molecule has 27 heavy (non-hydrogen) atoms. The number of hydrogen-bond donors (Lipinski definition) is 0. The molecule has 1 unspecified atom stereocenters. The zero-order chi connectivity index (χ0) is 19.2. The molecule has 0 spiro atoms. The van der Waals surface area contributed by atoms with Gasteiger partial charge in [-0.2, -0.15) is 0 Å². The van der Waals surface area contributed by atoms with Gasteiger partial charge in [-0.15, -0.1) is 11.3 Å². The average Bonchev–Trinajstić information content (AvgIpc) is 3.04. The highest BCUT2D eigenvalue weighted by Crippen LogP contribution is 2.32. The quantitative estimate of drug-likeness (QED) is 0.664. The summed E-state index contributed by atoms with van der Waals surface area (Å²) in [7, 11) is -3.41. The Labute approximate surface area is 161 Å². The number of halogens is 1. The van der Waals surface area contributed by atoms with E-state index in [1.807, 2.05) is 5.51 Å². The van der Waals surface area contributed by atoms with Crippen molar-refractivity contribution in [3.8, 4) is 0 Å². The highest BCUT2D eigenvalue weighted by molar-refractivity contribution is 7.90. The molecular formula is C19H20FN3O2S2. The molecule has 3 aromatic rings. The Balaban J connectivity index is 1.61. The molecule has 2 aromatic heterocycles. The molecule has 0 N–H and O–H groups in total. The zero-order valence-corrected chi connectivity index (χ0v) is 16.7. The number of benzene rings is 1. The van der Waals surface area contributed by atoms with E-state index in [-0.39, 0.29) is 17.5 Å². The molecule has 0 amide bonds. The number of nitrogens with zero attached hydrogens (tertiary/aromatic N) is 3. The summed E-state index contributed by atoms with van der Waals surface area (Å²) in [5, 5.41) is 0. The van der Waals surface area contributed by atoms with E-state index in [1.54, 1.807) is 11.3 Å². The molecule has 1 aliphatic rings. The number of fused-ring (bicyclic) bond motifs is 2. The number of alkyl halides is 1. The van der Waals surface area contributed by atoms with Crippen LogP contribution in [0.1, 0.15) is 36.0 Å². The summed E-state index contributed by atoms with van der Waals surface area (Å²) in [6.45, 7) is 2.93. The lowest BCUT2D eigenvalue weighted by Gasteiger charge is -2.28. The standard InChI is InChI=1S/C19H20FN3O2S2/c1-12(13-3-4-19-18(7-13)22-11-26-19)23-6-5-17-15(16(20)10-23)8-14(9-21-17)27(2,24)25/h3-4,7-9,11-12,16H,5-6,10H2,1-2H3/t12?,16-/m0/s1. The molecule has 0 saturated heterocycles. The number of aromatic nitrogens is 2. The van der Waals surface area contributed by atoms with Gasteiger partial charge < -0.3 is 0 Å². The van der Waals surface area contributed by atoms with Crippen LogP contribution in [0.2, 0.25) is 0 Å². The second-order valence-corrected chi connectivity index (χ2v) is 9.85. The summed E-state index contributed by atoms with van der Waals surface area (Å²) in [5.41, 5.74) is 4.90. The van der Waals surface area contributed by atoms with Crippen LogP contribution < -0.4 is 0 Å². The molecule has 0 saturated carbocycles. The Morgan fingerprint density at radius 1 is 1.30 bits per heavy atom. The van der Waals surface area contributed by atoms with Crippen molar-refractivity contribution < 1.29 is 12.8 Å². The lowest BCUT2D eigenvalue weighted by atomic mass is 10.1. The Hall–Kier alpha value is -1.90. The van der Waals surface area contributed by atoms with Gasteiger partial charge in [-0.05, 0) is 30.7 Å². The van der Waals surface area contributed by atoms with Gasteiger partial charge in [0.2, 0.25) is 0 Å². The minimum Gasteiger partial charge on any atom is -0.293 e. The average molecular weight is 406 g/mol. The third-order valence-electron chi connectivity index (χ3n) is 5.16. The third kappa shape index (κ3) is 3.61. The van der Waals surface area contributed by atoms with Gasteiger partial charge >= 0.3 is 0 Å².